The molecule has 0 bridgehead atoms. The monoisotopic (exact) mass is 470 g/mol. The molecule has 0 saturated carbocycles. The van der Waals surface area contributed by atoms with E-state index in [1.54, 1.807) is 7.05 Å². The third-order valence-corrected chi connectivity index (χ3v) is 5.34. The molecule has 5 heteroatoms. The third-order valence-electron chi connectivity index (χ3n) is 4.94. The zero-order chi connectivity index (χ0) is 23.3. The Morgan fingerprint density at radius 1 is 1.03 bits per heavy atom. The van der Waals surface area contributed by atoms with Crippen LogP contribution in [0.1, 0.15) is 54.3 Å². The number of nitrogens with zero attached hydrogens (tertiary/aromatic N) is 2. The Labute approximate surface area is 190 Å². The van der Waals surface area contributed by atoms with Crippen LogP contribution in [0.15, 0.2) is 42.4 Å². The van der Waals surface area contributed by atoms with Crippen molar-refractivity contribution in [2.45, 2.75) is 48.0 Å². The van der Waals surface area contributed by atoms with Gasteiger partial charge in [0, 0.05) is 46.2 Å². The van der Waals surface area contributed by atoms with Crippen LogP contribution >= 0.6 is 15.9 Å². The maximum Gasteiger partial charge on any atom is 0.118 e. The molecule has 0 fully saturated rings. The van der Waals surface area contributed by atoms with Crippen LogP contribution in [0, 0.1) is 20.8 Å². The Bertz CT molecular complexity index is 1020. The number of nitrogen functional groups attached to an aromatic ring is 1. The number of anilines is 1. The summed E-state index contributed by atoms with van der Waals surface area (Å²) in [5.74, 6) is 0.580. The number of hydrogen-bond acceptors (Lipinski definition) is 3. The van der Waals surface area contributed by atoms with E-state index in [9.17, 15) is 0 Å². The Morgan fingerprint density at radius 3 is 1.93 bits per heavy atom. The molecule has 1 aromatic heterocycles. The predicted molar refractivity (Wildman–Crippen MR) is 139 cm³/mol. The van der Waals surface area contributed by atoms with Crippen molar-refractivity contribution in [3.05, 3.63) is 71.0 Å². The first kappa shape index (κ1) is 25.5. The first-order valence-electron chi connectivity index (χ1n) is 9.79. The van der Waals surface area contributed by atoms with Gasteiger partial charge in [-0.2, -0.15) is 0 Å². The second-order valence-corrected chi connectivity index (χ2v) is 8.78. The lowest BCUT2D eigenvalue weighted by Gasteiger charge is -2.19. The highest BCUT2D eigenvalue weighted by molar-refractivity contribution is 9.15. The van der Waals surface area contributed by atoms with Crippen molar-refractivity contribution in [2.24, 2.45) is 10.7 Å². The summed E-state index contributed by atoms with van der Waals surface area (Å²) < 4.78 is 2.82. The molecule has 30 heavy (non-hydrogen) atoms. The van der Waals surface area contributed by atoms with Crippen molar-refractivity contribution in [1.29, 1.82) is 0 Å². The van der Waals surface area contributed by atoms with Crippen LogP contribution in [-0.2, 0) is 6.42 Å². The number of allylic oxidation sites excluding steroid dienone is 1. The van der Waals surface area contributed by atoms with Crippen LogP contribution in [0.4, 0.5) is 5.82 Å². The molecule has 0 spiro atoms. The highest BCUT2D eigenvalue weighted by atomic mass is 79.9. The maximum atomic E-state index is 6.57. The van der Waals surface area contributed by atoms with E-state index in [4.69, 9.17) is 11.5 Å². The fourth-order valence-electron chi connectivity index (χ4n) is 3.25. The molecule has 0 unspecified atom stereocenters. The molecule has 4 N–H and O–H groups in total. The number of aliphatic imine (C=N–C) groups is 1. The van der Waals surface area contributed by atoms with Crippen LogP contribution in [0.25, 0.3) is 15.9 Å². The Kier molecular flexibility index (Phi) is 8.91. The molecule has 2 rings (SSSR count). The first-order valence-corrected chi connectivity index (χ1v) is 10.6. The van der Waals surface area contributed by atoms with Gasteiger partial charge in [0.25, 0.3) is 0 Å². The Morgan fingerprint density at radius 2 is 1.53 bits per heavy atom. The van der Waals surface area contributed by atoms with Gasteiger partial charge in [-0.05, 0) is 58.2 Å². The van der Waals surface area contributed by atoms with Crippen LogP contribution in [0.5, 0.6) is 0 Å². The SMILES string of the molecule is C=C(C)Cc1c(C(=C)Br)c(C(=C)N)c(N)n1-c1c(C)ccc(C)c1C.CN=C(C)C. The van der Waals surface area contributed by atoms with Gasteiger partial charge in [0.05, 0.1) is 5.69 Å². The topological polar surface area (TPSA) is 69.3 Å². The second-order valence-electron chi connectivity index (χ2n) is 7.83. The summed E-state index contributed by atoms with van der Waals surface area (Å²) in [5.41, 5.74) is 22.5. The lowest BCUT2D eigenvalue weighted by molar-refractivity contribution is 0.935. The van der Waals surface area contributed by atoms with Gasteiger partial charge in [0.15, 0.2) is 0 Å². The number of benzene rings is 1. The zero-order valence-electron chi connectivity index (χ0n) is 19.4. The number of aromatic nitrogens is 1. The molecule has 0 radical (unpaired) electrons. The fraction of sp³-hybridized carbons (Fsp3) is 0.320. The number of rotatable bonds is 5. The summed E-state index contributed by atoms with van der Waals surface area (Å²) in [6.07, 6.45) is 0.671. The average Bonchev–Trinajstić information content (AvgIpc) is 2.91. The molecule has 0 saturated heterocycles. The molecule has 1 heterocycles. The minimum atomic E-state index is 0.428. The summed E-state index contributed by atoms with van der Waals surface area (Å²) in [7, 11) is 1.79. The number of halogens is 1. The molecule has 4 nitrogen and oxygen atoms in total. The molecule has 0 amide bonds. The van der Waals surface area contributed by atoms with Crippen molar-refractivity contribution in [1.82, 2.24) is 4.57 Å². The van der Waals surface area contributed by atoms with Crippen LogP contribution in [0.3, 0.4) is 0 Å². The Hall–Kier alpha value is -2.53. The summed E-state index contributed by atoms with van der Waals surface area (Å²) in [6, 6.07) is 4.24. The smallest absolute Gasteiger partial charge is 0.118 e. The highest BCUT2D eigenvalue weighted by Gasteiger charge is 2.25. The summed E-state index contributed by atoms with van der Waals surface area (Å²) in [6.45, 7) is 24.3. The standard InChI is InChI=1S/C21H26BrN3.C4H9N/c1-11(2)10-17-18(15(6)22)19(16(7)23)21(24)25(17)20-13(4)9-8-12(3)14(20)5;1-4(2)5-3/h8-9H,1,6-7,10,23-24H2,2-5H3;1-3H3. The van der Waals surface area contributed by atoms with Crippen molar-refractivity contribution in [3.8, 4) is 5.69 Å². The van der Waals surface area contributed by atoms with Crippen LogP contribution in [0.2, 0.25) is 0 Å². The van der Waals surface area contributed by atoms with Gasteiger partial charge in [-0.3, -0.25) is 9.56 Å². The lowest BCUT2D eigenvalue weighted by atomic mass is 10.0. The van der Waals surface area contributed by atoms with E-state index in [1.807, 2.05) is 20.8 Å². The van der Waals surface area contributed by atoms with E-state index in [0.717, 1.165) is 43.8 Å². The maximum absolute atomic E-state index is 6.57. The molecule has 0 aliphatic carbocycles. The lowest BCUT2D eigenvalue weighted by Crippen LogP contribution is -2.10. The van der Waals surface area contributed by atoms with Gasteiger partial charge < -0.3 is 11.5 Å². The minimum Gasteiger partial charge on any atom is -0.399 e. The first-order chi connectivity index (χ1) is 13.8. The van der Waals surface area contributed by atoms with E-state index in [1.165, 1.54) is 11.1 Å². The number of nitrogens with two attached hydrogens (primary N) is 2. The summed E-state index contributed by atoms with van der Waals surface area (Å²) in [4.78, 5) is 3.81. The summed E-state index contributed by atoms with van der Waals surface area (Å²) >= 11 is 3.52. The van der Waals surface area contributed by atoms with Crippen molar-refractivity contribution >= 4 is 37.6 Å². The third kappa shape index (κ3) is 5.54. The number of hydrogen-bond donors (Lipinski definition) is 2. The largest absolute Gasteiger partial charge is 0.399 e. The Balaban J connectivity index is 0.000000804. The average molecular weight is 471 g/mol. The molecule has 0 atom stereocenters. The second kappa shape index (κ2) is 10.5. The van der Waals surface area contributed by atoms with E-state index < -0.39 is 0 Å². The van der Waals surface area contributed by atoms with Crippen molar-refractivity contribution < 1.29 is 0 Å². The zero-order valence-corrected chi connectivity index (χ0v) is 21.0. The van der Waals surface area contributed by atoms with E-state index in [-0.39, 0.29) is 0 Å². The van der Waals surface area contributed by atoms with Gasteiger partial charge in [-0.15, -0.1) is 0 Å². The van der Waals surface area contributed by atoms with E-state index in [2.05, 4.69) is 78.1 Å². The molecule has 2 aromatic rings. The molecular weight excluding hydrogens is 436 g/mol. The fourth-order valence-corrected chi connectivity index (χ4v) is 3.67. The molecule has 1 aromatic carbocycles. The van der Waals surface area contributed by atoms with Crippen molar-refractivity contribution in [2.75, 3.05) is 12.8 Å². The number of aryl methyl sites for hydroxylation is 2. The highest BCUT2D eigenvalue weighted by Crippen LogP contribution is 2.40. The molecular formula is C25H35BrN4. The van der Waals surface area contributed by atoms with E-state index >= 15 is 0 Å². The van der Waals surface area contributed by atoms with E-state index in [0.29, 0.717) is 17.9 Å². The van der Waals surface area contributed by atoms with Gasteiger partial charge in [-0.1, -0.05) is 53.4 Å². The molecule has 0 aliphatic heterocycles. The van der Waals surface area contributed by atoms with Gasteiger partial charge in [0.1, 0.15) is 5.82 Å². The van der Waals surface area contributed by atoms with Crippen LogP contribution < -0.4 is 11.5 Å². The minimum absolute atomic E-state index is 0.428. The quantitative estimate of drug-likeness (QED) is 0.386. The van der Waals surface area contributed by atoms with Crippen LogP contribution in [-0.4, -0.2) is 17.3 Å². The van der Waals surface area contributed by atoms with Gasteiger partial charge in [0.2, 0.25) is 0 Å². The van der Waals surface area contributed by atoms with Gasteiger partial charge >= 0.3 is 0 Å². The predicted octanol–water partition coefficient (Wildman–Crippen LogP) is 6.50. The normalized spacial score (nSPS) is 10.1. The molecule has 0 aliphatic rings. The van der Waals surface area contributed by atoms with Gasteiger partial charge in [-0.25, -0.2) is 0 Å². The summed E-state index contributed by atoms with van der Waals surface area (Å²) in [5, 5.41) is 0. The molecule has 162 valence electrons. The van der Waals surface area contributed by atoms with Crippen molar-refractivity contribution in [3.63, 3.8) is 0 Å².